The van der Waals surface area contributed by atoms with Crippen LogP contribution in [0.25, 0.3) is 6.08 Å². The Labute approximate surface area is 201 Å². The Morgan fingerprint density at radius 2 is 1.76 bits per heavy atom. The van der Waals surface area contributed by atoms with Crippen molar-refractivity contribution in [3.63, 3.8) is 0 Å². The van der Waals surface area contributed by atoms with Crippen LogP contribution in [0.3, 0.4) is 0 Å². The third-order valence-corrected chi connectivity index (χ3v) is 6.54. The van der Waals surface area contributed by atoms with Crippen LogP contribution in [0.4, 0.5) is 0 Å². The third-order valence-electron chi connectivity index (χ3n) is 6.54. The Morgan fingerprint density at radius 3 is 2.39 bits per heavy atom. The molecule has 0 fully saturated rings. The number of rotatable bonds is 13. The molecule has 0 amide bonds. The predicted octanol–water partition coefficient (Wildman–Crippen LogP) is 8.26. The second-order valence-corrected chi connectivity index (χ2v) is 10.1. The molecule has 0 aliphatic heterocycles. The van der Waals surface area contributed by atoms with Gasteiger partial charge in [0.05, 0.1) is 24.7 Å². The van der Waals surface area contributed by atoms with Crippen molar-refractivity contribution in [2.24, 2.45) is 5.41 Å². The van der Waals surface area contributed by atoms with E-state index in [0.717, 1.165) is 24.1 Å². The molecule has 1 aromatic heterocycles. The standard InChI is InChI=1S/C29H44N2O2/c1-6-7-8-9-10-11-12-13-19-33-28(32)27-22-30-25(21-31-27)20-23(2)16-17-26-24(3)15-14-18-29(26,4)5/h16-17,20-22H,6-15,18-19H2,1-5H3. The molecule has 1 aliphatic rings. The first-order valence-corrected chi connectivity index (χ1v) is 12.9. The smallest absolute Gasteiger partial charge is 0.358 e. The van der Waals surface area contributed by atoms with E-state index in [1.165, 1.54) is 75.1 Å². The third kappa shape index (κ3) is 9.65. The minimum absolute atomic E-state index is 0.232. The van der Waals surface area contributed by atoms with E-state index >= 15 is 0 Å². The Balaban J connectivity index is 1.78. The van der Waals surface area contributed by atoms with Gasteiger partial charge < -0.3 is 4.74 Å². The molecule has 0 N–H and O–H groups in total. The molecular weight excluding hydrogens is 408 g/mol. The van der Waals surface area contributed by atoms with Crippen LogP contribution in [0.1, 0.15) is 121 Å². The van der Waals surface area contributed by atoms with Crippen LogP contribution < -0.4 is 0 Å². The summed E-state index contributed by atoms with van der Waals surface area (Å²) in [7, 11) is 0. The fourth-order valence-electron chi connectivity index (χ4n) is 4.50. The quantitative estimate of drug-likeness (QED) is 0.172. The van der Waals surface area contributed by atoms with Crippen molar-refractivity contribution in [2.75, 3.05) is 6.61 Å². The second kappa shape index (κ2) is 14.1. The van der Waals surface area contributed by atoms with Crippen molar-refractivity contribution in [1.29, 1.82) is 0 Å². The minimum Gasteiger partial charge on any atom is -0.461 e. The Kier molecular flexibility index (Phi) is 11.6. The van der Waals surface area contributed by atoms with E-state index in [0.29, 0.717) is 6.61 Å². The Bertz CT molecular complexity index is 832. The Hall–Kier alpha value is -2.23. The highest BCUT2D eigenvalue weighted by molar-refractivity contribution is 5.86. The van der Waals surface area contributed by atoms with Gasteiger partial charge in [-0.15, -0.1) is 0 Å². The fraction of sp³-hybridized carbons (Fsp3) is 0.621. The van der Waals surface area contributed by atoms with Crippen LogP contribution in [0.2, 0.25) is 0 Å². The van der Waals surface area contributed by atoms with Gasteiger partial charge in [-0.25, -0.2) is 9.78 Å². The summed E-state index contributed by atoms with van der Waals surface area (Å²) in [6.07, 6.45) is 23.0. The fourth-order valence-corrected chi connectivity index (χ4v) is 4.50. The highest BCUT2D eigenvalue weighted by atomic mass is 16.5. The average molecular weight is 453 g/mol. The zero-order chi connectivity index (χ0) is 24.1. The van der Waals surface area contributed by atoms with Gasteiger partial charge in [0.2, 0.25) is 0 Å². The number of ether oxygens (including phenoxy) is 1. The van der Waals surface area contributed by atoms with Crippen LogP contribution in [-0.2, 0) is 4.74 Å². The molecule has 0 atom stereocenters. The van der Waals surface area contributed by atoms with Gasteiger partial charge in [0, 0.05) is 0 Å². The molecule has 1 heterocycles. The number of nitrogens with zero attached hydrogens (tertiary/aromatic N) is 2. The summed E-state index contributed by atoms with van der Waals surface area (Å²) >= 11 is 0. The number of unbranched alkanes of at least 4 members (excludes halogenated alkanes) is 7. The molecular formula is C29H44N2O2. The largest absolute Gasteiger partial charge is 0.461 e. The summed E-state index contributed by atoms with van der Waals surface area (Å²) in [6.45, 7) is 11.7. The van der Waals surface area contributed by atoms with Gasteiger partial charge in [-0.05, 0) is 62.2 Å². The van der Waals surface area contributed by atoms with Crippen molar-refractivity contribution >= 4 is 12.0 Å². The molecule has 4 heteroatoms. The summed E-state index contributed by atoms with van der Waals surface area (Å²) in [6, 6.07) is 0. The van der Waals surface area contributed by atoms with Crippen LogP contribution in [-0.4, -0.2) is 22.5 Å². The van der Waals surface area contributed by atoms with E-state index in [9.17, 15) is 4.79 Å². The second-order valence-electron chi connectivity index (χ2n) is 10.1. The Morgan fingerprint density at radius 1 is 1.06 bits per heavy atom. The molecule has 2 rings (SSSR count). The molecule has 1 aromatic rings. The van der Waals surface area contributed by atoms with Crippen LogP contribution in [0.5, 0.6) is 0 Å². The number of carbonyl (C=O) groups excluding carboxylic acids is 1. The van der Waals surface area contributed by atoms with Gasteiger partial charge >= 0.3 is 5.97 Å². The minimum atomic E-state index is -0.389. The summed E-state index contributed by atoms with van der Waals surface area (Å²) < 4.78 is 5.36. The van der Waals surface area contributed by atoms with Crippen LogP contribution in [0.15, 0.2) is 41.3 Å². The number of aromatic nitrogens is 2. The van der Waals surface area contributed by atoms with Crippen molar-refractivity contribution in [3.05, 3.63) is 52.7 Å². The van der Waals surface area contributed by atoms with Crippen LogP contribution >= 0.6 is 0 Å². The lowest BCUT2D eigenvalue weighted by Gasteiger charge is -2.32. The van der Waals surface area contributed by atoms with Crippen LogP contribution in [0, 0.1) is 5.41 Å². The van der Waals surface area contributed by atoms with Gasteiger partial charge in [0.1, 0.15) is 0 Å². The van der Waals surface area contributed by atoms with E-state index < -0.39 is 0 Å². The topological polar surface area (TPSA) is 52.1 Å². The van der Waals surface area contributed by atoms with Crippen molar-refractivity contribution in [2.45, 2.75) is 105 Å². The number of hydrogen-bond acceptors (Lipinski definition) is 4. The number of esters is 1. The number of allylic oxidation sites excluding steroid dienone is 5. The monoisotopic (exact) mass is 452 g/mol. The first-order chi connectivity index (χ1) is 15.8. The van der Waals surface area contributed by atoms with Crippen molar-refractivity contribution < 1.29 is 9.53 Å². The summed E-state index contributed by atoms with van der Waals surface area (Å²) in [5.74, 6) is -0.389. The highest BCUT2D eigenvalue weighted by Gasteiger charge is 2.26. The zero-order valence-electron chi connectivity index (χ0n) is 21.6. The number of hydrogen-bond donors (Lipinski definition) is 0. The molecule has 0 saturated heterocycles. The van der Waals surface area contributed by atoms with E-state index in [-0.39, 0.29) is 17.1 Å². The average Bonchev–Trinajstić information content (AvgIpc) is 2.77. The SMILES string of the molecule is CCCCCCCCCCOC(=O)c1cnc(C=C(C)C=CC2=C(C)CCCC2(C)C)cn1. The normalized spacial score (nSPS) is 16.5. The van der Waals surface area contributed by atoms with Gasteiger partial charge in [-0.3, -0.25) is 4.98 Å². The predicted molar refractivity (Wildman–Crippen MR) is 138 cm³/mol. The van der Waals surface area contributed by atoms with Gasteiger partial charge in [0.25, 0.3) is 0 Å². The van der Waals surface area contributed by atoms with E-state index in [1.54, 1.807) is 6.20 Å². The lowest BCUT2D eigenvalue weighted by atomic mass is 9.72. The summed E-state index contributed by atoms with van der Waals surface area (Å²) in [5, 5.41) is 0. The first kappa shape index (κ1) is 27.0. The van der Waals surface area contributed by atoms with E-state index in [1.807, 2.05) is 6.08 Å². The van der Waals surface area contributed by atoms with E-state index in [2.05, 4.69) is 56.7 Å². The highest BCUT2D eigenvalue weighted by Crippen LogP contribution is 2.40. The maximum absolute atomic E-state index is 12.2. The molecule has 182 valence electrons. The summed E-state index contributed by atoms with van der Waals surface area (Å²) in [4.78, 5) is 20.8. The number of carbonyl (C=O) groups is 1. The molecule has 0 bridgehead atoms. The van der Waals surface area contributed by atoms with Gasteiger partial charge in [-0.2, -0.15) is 0 Å². The molecule has 0 spiro atoms. The van der Waals surface area contributed by atoms with E-state index in [4.69, 9.17) is 4.74 Å². The molecule has 33 heavy (non-hydrogen) atoms. The van der Waals surface area contributed by atoms with Gasteiger partial charge in [0.15, 0.2) is 5.69 Å². The maximum Gasteiger partial charge on any atom is 0.358 e. The zero-order valence-corrected chi connectivity index (χ0v) is 21.6. The van der Waals surface area contributed by atoms with Crippen molar-refractivity contribution in [1.82, 2.24) is 9.97 Å². The molecule has 0 saturated carbocycles. The maximum atomic E-state index is 12.2. The molecule has 1 aliphatic carbocycles. The first-order valence-electron chi connectivity index (χ1n) is 12.9. The molecule has 4 nitrogen and oxygen atoms in total. The molecule has 0 aromatic carbocycles. The summed E-state index contributed by atoms with van der Waals surface area (Å²) in [5.41, 5.74) is 5.29. The molecule has 0 radical (unpaired) electrons. The van der Waals surface area contributed by atoms with Gasteiger partial charge in [-0.1, -0.05) is 83.4 Å². The lowest BCUT2D eigenvalue weighted by Crippen LogP contribution is -2.19. The lowest BCUT2D eigenvalue weighted by molar-refractivity contribution is 0.0490. The van der Waals surface area contributed by atoms with Crippen molar-refractivity contribution in [3.8, 4) is 0 Å². The molecule has 0 unspecified atom stereocenters.